The van der Waals surface area contributed by atoms with Gasteiger partial charge in [-0.15, -0.1) is 0 Å². The van der Waals surface area contributed by atoms with Crippen LogP contribution < -0.4 is 0 Å². The Kier molecular flexibility index (Phi) is 2.26. The fourth-order valence-corrected chi connectivity index (χ4v) is 2.65. The minimum Gasteiger partial charge on any atom is -0.228 e. The van der Waals surface area contributed by atoms with Crippen LogP contribution in [0.25, 0.3) is 0 Å². The fourth-order valence-electron chi connectivity index (χ4n) is 2.65. The predicted octanol–water partition coefficient (Wildman–Crippen LogP) is 3.87. The van der Waals surface area contributed by atoms with Crippen molar-refractivity contribution in [1.82, 2.24) is 0 Å². The average Bonchev–Trinajstić information content (AvgIpc) is 2.42. The lowest BCUT2D eigenvalue weighted by molar-refractivity contribution is -0.367. The van der Waals surface area contributed by atoms with Gasteiger partial charge in [0.15, 0.2) is 0 Å². The van der Waals surface area contributed by atoms with E-state index in [1.165, 1.54) is 0 Å². The van der Waals surface area contributed by atoms with Crippen molar-refractivity contribution in [3.8, 4) is 0 Å². The SMILES string of the molecule is C=CC1(F)C(F)(F)C2(F)C(F)(F)C(F)(F)C1(F)C2(F)F. The standard InChI is InChI=1S/C9H3F11/c1-2-3(10)4(11)7(15,16)5(12,6(3,13)14)9(19,20)8(4,17)18/h2H,1H2. The molecule has 0 aliphatic heterocycles. The zero-order valence-electron chi connectivity index (χ0n) is 8.94. The second kappa shape index (κ2) is 2.94. The highest BCUT2D eigenvalue weighted by atomic mass is 19.3. The van der Waals surface area contributed by atoms with Crippen molar-refractivity contribution >= 4 is 0 Å². The Bertz CT molecular complexity index is 496. The van der Waals surface area contributed by atoms with E-state index in [0.29, 0.717) is 0 Å². The zero-order chi connectivity index (χ0) is 16.2. The summed E-state index contributed by atoms with van der Waals surface area (Å²) in [7, 11) is 0. The highest BCUT2D eigenvalue weighted by Crippen LogP contribution is 2.83. The molecule has 0 aromatic carbocycles. The number of halogens is 11. The Hall–Kier alpha value is -1.03. The lowest BCUT2D eigenvalue weighted by Gasteiger charge is -2.44. The molecule has 20 heavy (non-hydrogen) atoms. The number of fused-ring (bicyclic) bond motifs is 2. The maximum absolute atomic E-state index is 13.8. The molecule has 3 atom stereocenters. The Morgan fingerprint density at radius 2 is 0.850 bits per heavy atom. The summed E-state index contributed by atoms with van der Waals surface area (Å²) in [5, 5.41) is 0. The summed E-state index contributed by atoms with van der Waals surface area (Å²) in [6, 6.07) is 0. The molecule has 116 valence electrons. The van der Waals surface area contributed by atoms with E-state index < -0.39 is 46.8 Å². The maximum atomic E-state index is 13.8. The molecule has 2 rings (SSSR count). The molecule has 0 aromatic heterocycles. The Morgan fingerprint density at radius 1 is 0.500 bits per heavy atom. The molecule has 0 saturated heterocycles. The van der Waals surface area contributed by atoms with Gasteiger partial charge in [-0.05, 0) is 6.08 Å². The Morgan fingerprint density at radius 3 is 1.15 bits per heavy atom. The topological polar surface area (TPSA) is 0 Å². The summed E-state index contributed by atoms with van der Waals surface area (Å²) in [6.45, 7) is 2.11. The van der Waals surface area contributed by atoms with E-state index in [-0.39, 0.29) is 0 Å². The summed E-state index contributed by atoms with van der Waals surface area (Å²) in [6.07, 6.45) is -1.05. The summed E-state index contributed by atoms with van der Waals surface area (Å²) >= 11 is 0. The number of rotatable bonds is 1. The van der Waals surface area contributed by atoms with Gasteiger partial charge in [0.25, 0.3) is 5.67 Å². The summed E-state index contributed by atoms with van der Waals surface area (Å²) in [5.41, 5.74) is -19.0. The van der Waals surface area contributed by atoms with Crippen molar-refractivity contribution in [3.63, 3.8) is 0 Å². The van der Waals surface area contributed by atoms with E-state index >= 15 is 0 Å². The van der Waals surface area contributed by atoms with E-state index in [2.05, 4.69) is 6.58 Å². The van der Waals surface area contributed by atoms with Crippen LogP contribution in [0.1, 0.15) is 0 Å². The number of hydrogen-bond donors (Lipinski definition) is 0. The highest BCUT2D eigenvalue weighted by molar-refractivity contribution is 5.50. The van der Waals surface area contributed by atoms with Gasteiger partial charge in [-0.1, -0.05) is 6.58 Å². The van der Waals surface area contributed by atoms with Crippen LogP contribution in [0.3, 0.4) is 0 Å². The second-order valence-electron chi connectivity index (χ2n) is 4.53. The first-order valence-corrected chi connectivity index (χ1v) is 4.78. The molecule has 2 aliphatic carbocycles. The van der Waals surface area contributed by atoms with Gasteiger partial charge in [0, 0.05) is 0 Å². The number of allylic oxidation sites excluding steroid dienone is 1. The minimum atomic E-state index is -6.83. The molecule has 0 aromatic rings. The average molecular weight is 320 g/mol. The van der Waals surface area contributed by atoms with Gasteiger partial charge in [0.1, 0.15) is 0 Å². The van der Waals surface area contributed by atoms with Crippen molar-refractivity contribution in [2.75, 3.05) is 0 Å². The van der Waals surface area contributed by atoms with Crippen LogP contribution in [0.5, 0.6) is 0 Å². The zero-order valence-corrected chi connectivity index (χ0v) is 8.94. The van der Waals surface area contributed by atoms with Crippen molar-refractivity contribution in [3.05, 3.63) is 12.7 Å². The van der Waals surface area contributed by atoms with E-state index in [1.807, 2.05) is 0 Å². The van der Waals surface area contributed by atoms with Crippen molar-refractivity contribution in [2.24, 2.45) is 0 Å². The van der Waals surface area contributed by atoms with Crippen LogP contribution >= 0.6 is 0 Å². The van der Waals surface area contributed by atoms with Gasteiger partial charge in [-0.2, -0.15) is 35.1 Å². The quantitative estimate of drug-likeness (QED) is 0.508. The van der Waals surface area contributed by atoms with Gasteiger partial charge < -0.3 is 0 Å². The molecule has 0 N–H and O–H groups in total. The van der Waals surface area contributed by atoms with Gasteiger partial charge in [-0.25, -0.2) is 13.2 Å². The molecule has 2 fully saturated rings. The smallest absolute Gasteiger partial charge is 0.228 e. The van der Waals surface area contributed by atoms with E-state index in [4.69, 9.17) is 0 Å². The molecule has 0 heterocycles. The van der Waals surface area contributed by atoms with Crippen molar-refractivity contribution < 1.29 is 48.3 Å². The minimum absolute atomic E-state index is 1.05. The van der Waals surface area contributed by atoms with Crippen molar-refractivity contribution in [2.45, 2.75) is 40.7 Å². The predicted molar refractivity (Wildman–Crippen MR) is 41.5 cm³/mol. The van der Waals surface area contributed by atoms with Crippen LogP contribution in [-0.2, 0) is 0 Å². The highest BCUT2D eigenvalue weighted by Gasteiger charge is 3.16. The number of alkyl halides is 11. The van der Waals surface area contributed by atoms with Crippen LogP contribution in [0, 0.1) is 0 Å². The van der Waals surface area contributed by atoms with Crippen LogP contribution in [0.15, 0.2) is 12.7 Å². The van der Waals surface area contributed by atoms with Crippen molar-refractivity contribution in [1.29, 1.82) is 0 Å². The first-order chi connectivity index (χ1) is 8.56. The third-order valence-electron chi connectivity index (χ3n) is 3.80. The summed E-state index contributed by atoms with van der Waals surface area (Å²) in [4.78, 5) is 0. The normalized spacial score (nSPS) is 50.1. The Labute approximate surface area is 103 Å². The molecule has 0 amide bonds. The first kappa shape index (κ1) is 15.4. The third kappa shape index (κ3) is 0.791. The maximum Gasteiger partial charge on any atom is 0.359 e. The molecule has 0 spiro atoms. The van der Waals surface area contributed by atoms with Crippen LogP contribution in [0.2, 0.25) is 0 Å². The van der Waals surface area contributed by atoms with Crippen LogP contribution in [0.4, 0.5) is 48.3 Å². The molecule has 2 saturated carbocycles. The monoisotopic (exact) mass is 320 g/mol. The lowest BCUT2D eigenvalue weighted by Crippen LogP contribution is -2.75. The second-order valence-corrected chi connectivity index (χ2v) is 4.53. The van der Waals surface area contributed by atoms with Gasteiger partial charge in [-0.3, -0.25) is 0 Å². The molecule has 0 nitrogen and oxygen atoms in total. The lowest BCUT2D eigenvalue weighted by atomic mass is 9.75. The molecule has 2 bridgehead atoms. The van der Waals surface area contributed by atoms with E-state index in [1.54, 1.807) is 0 Å². The molecule has 2 aliphatic rings. The van der Waals surface area contributed by atoms with Gasteiger partial charge in [0.2, 0.25) is 5.67 Å². The third-order valence-corrected chi connectivity index (χ3v) is 3.80. The molecule has 11 heteroatoms. The van der Waals surface area contributed by atoms with E-state index in [0.717, 1.165) is 0 Å². The molecular formula is C9H3F11. The summed E-state index contributed by atoms with van der Waals surface area (Å²) < 4.78 is 146. The Balaban J connectivity index is 3.03. The van der Waals surface area contributed by atoms with Gasteiger partial charge in [0.05, 0.1) is 0 Å². The molecule has 3 unspecified atom stereocenters. The van der Waals surface area contributed by atoms with Crippen LogP contribution in [-0.4, -0.2) is 40.7 Å². The van der Waals surface area contributed by atoms with E-state index in [9.17, 15) is 48.3 Å². The molecule has 0 radical (unpaired) electrons. The first-order valence-electron chi connectivity index (χ1n) is 4.78. The fraction of sp³-hybridized carbons (Fsp3) is 0.778. The van der Waals surface area contributed by atoms with Gasteiger partial charge >= 0.3 is 29.4 Å². The largest absolute Gasteiger partial charge is 0.359 e. The number of hydrogen-bond acceptors (Lipinski definition) is 0. The molecular weight excluding hydrogens is 317 g/mol. The summed E-state index contributed by atoms with van der Waals surface area (Å²) in [5.74, 6) is -26.7.